The molecule has 1 atom stereocenters. The van der Waals surface area contributed by atoms with Gasteiger partial charge in [0.15, 0.2) is 0 Å². The van der Waals surface area contributed by atoms with Gasteiger partial charge < -0.3 is 16.2 Å². The molecule has 0 unspecified atom stereocenters. The predicted octanol–water partition coefficient (Wildman–Crippen LogP) is 1.11. The zero-order valence-corrected chi connectivity index (χ0v) is 10.4. The molecule has 1 fully saturated rings. The first-order chi connectivity index (χ1) is 8.66. The van der Waals surface area contributed by atoms with E-state index >= 15 is 0 Å². The standard InChI is InChI=1S/C14H20N2O2/c15-13(10-4-2-1-3-5-10)14(18)16-11-6-8-12(17)9-7-11/h1-5,11-13,17H,6-9,15H2,(H,16,18)/t11?,12?,13-/m1/s1. The topological polar surface area (TPSA) is 75.4 Å². The summed E-state index contributed by atoms with van der Waals surface area (Å²) in [6, 6.07) is 8.90. The van der Waals surface area contributed by atoms with Crippen molar-refractivity contribution in [2.24, 2.45) is 5.73 Å². The van der Waals surface area contributed by atoms with Crippen LogP contribution in [0.5, 0.6) is 0 Å². The summed E-state index contributed by atoms with van der Waals surface area (Å²) in [4.78, 5) is 12.0. The Morgan fingerprint density at radius 2 is 1.83 bits per heavy atom. The van der Waals surface area contributed by atoms with E-state index < -0.39 is 6.04 Å². The van der Waals surface area contributed by atoms with Gasteiger partial charge in [0.2, 0.25) is 5.91 Å². The molecule has 1 aliphatic rings. The molecule has 0 bridgehead atoms. The van der Waals surface area contributed by atoms with Gasteiger partial charge in [-0.1, -0.05) is 30.3 Å². The largest absolute Gasteiger partial charge is 0.393 e. The predicted molar refractivity (Wildman–Crippen MR) is 69.8 cm³/mol. The summed E-state index contributed by atoms with van der Waals surface area (Å²) >= 11 is 0. The van der Waals surface area contributed by atoms with Gasteiger partial charge in [-0.05, 0) is 31.2 Å². The Morgan fingerprint density at radius 1 is 1.22 bits per heavy atom. The fraction of sp³-hybridized carbons (Fsp3) is 0.500. The van der Waals surface area contributed by atoms with Crippen LogP contribution in [0.4, 0.5) is 0 Å². The highest BCUT2D eigenvalue weighted by atomic mass is 16.3. The van der Waals surface area contributed by atoms with Gasteiger partial charge in [-0.25, -0.2) is 0 Å². The van der Waals surface area contributed by atoms with Crippen molar-refractivity contribution in [1.29, 1.82) is 0 Å². The maximum Gasteiger partial charge on any atom is 0.241 e. The molecule has 98 valence electrons. The molecule has 2 rings (SSSR count). The summed E-state index contributed by atoms with van der Waals surface area (Å²) in [5.41, 5.74) is 6.75. The second-order valence-corrected chi connectivity index (χ2v) is 4.90. The van der Waals surface area contributed by atoms with Gasteiger partial charge in [0, 0.05) is 6.04 Å². The maximum atomic E-state index is 12.0. The molecular weight excluding hydrogens is 228 g/mol. The minimum atomic E-state index is -0.613. The van der Waals surface area contributed by atoms with Crippen molar-refractivity contribution in [3.8, 4) is 0 Å². The van der Waals surface area contributed by atoms with Gasteiger partial charge in [0.1, 0.15) is 6.04 Å². The lowest BCUT2D eigenvalue weighted by Crippen LogP contribution is -2.43. The van der Waals surface area contributed by atoms with Crippen LogP contribution < -0.4 is 11.1 Å². The molecule has 0 saturated heterocycles. The summed E-state index contributed by atoms with van der Waals surface area (Å²) in [6.07, 6.45) is 2.96. The highest BCUT2D eigenvalue weighted by Gasteiger charge is 2.23. The third kappa shape index (κ3) is 3.31. The molecule has 0 aliphatic heterocycles. The fourth-order valence-corrected chi connectivity index (χ4v) is 2.32. The van der Waals surface area contributed by atoms with Crippen LogP contribution in [0.2, 0.25) is 0 Å². The lowest BCUT2D eigenvalue weighted by Gasteiger charge is -2.27. The minimum Gasteiger partial charge on any atom is -0.393 e. The first-order valence-electron chi connectivity index (χ1n) is 6.46. The van der Waals surface area contributed by atoms with Gasteiger partial charge in [0.05, 0.1) is 6.10 Å². The summed E-state index contributed by atoms with van der Waals surface area (Å²) in [6.45, 7) is 0. The Kier molecular flexibility index (Phi) is 4.33. The molecule has 0 radical (unpaired) electrons. The van der Waals surface area contributed by atoms with Crippen LogP contribution in [-0.2, 0) is 4.79 Å². The molecule has 4 nitrogen and oxygen atoms in total. The Balaban J connectivity index is 1.88. The third-order valence-electron chi connectivity index (χ3n) is 3.48. The van der Waals surface area contributed by atoms with Crippen molar-refractivity contribution in [1.82, 2.24) is 5.32 Å². The van der Waals surface area contributed by atoms with Crippen molar-refractivity contribution >= 4 is 5.91 Å². The molecule has 1 saturated carbocycles. The van der Waals surface area contributed by atoms with E-state index in [0.717, 1.165) is 31.2 Å². The number of rotatable bonds is 3. The number of carbonyl (C=O) groups is 1. The molecule has 18 heavy (non-hydrogen) atoms. The molecule has 0 aromatic heterocycles. The van der Waals surface area contributed by atoms with Gasteiger partial charge in [-0.2, -0.15) is 0 Å². The number of hydrogen-bond donors (Lipinski definition) is 3. The number of hydrogen-bond acceptors (Lipinski definition) is 3. The number of aliphatic hydroxyl groups excluding tert-OH is 1. The van der Waals surface area contributed by atoms with Crippen molar-refractivity contribution in [2.45, 2.75) is 43.9 Å². The van der Waals surface area contributed by atoms with Crippen molar-refractivity contribution in [3.63, 3.8) is 0 Å². The molecule has 1 aliphatic carbocycles. The second-order valence-electron chi connectivity index (χ2n) is 4.90. The van der Waals surface area contributed by atoms with E-state index in [-0.39, 0.29) is 18.1 Å². The fourth-order valence-electron chi connectivity index (χ4n) is 2.32. The van der Waals surface area contributed by atoms with Crippen LogP contribution in [-0.4, -0.2) is 23.2 Å². The van der Waals surface area contributed by atoms with E-state index in [0.29, 0.717) is 0 Å². The average molecular weight is 248 g/mol. The Morgan fingerprint density at radius 3 is 2.44 bits per heavy atom. The second kappa shape index (κ2) is 5.98. The molecular formula is C14H20N2O2. The average Bonchev–Trinajstić information content (AvgIpc) is 2.41. The van der Waals surface area contributed by atoms with E-state index in [4.69, 9.17) is 5.73 Å². The minimum absolute atomic E-state index is 0.136. The number of aliphatic hydroxyl groups is 1. The number of nitrogens with two attached hydrogens (primary N) is 1. The Hall–Kier alpha value is -1.39. The van der Waals surface area contributed by atoms with E-state index in [9.17, 15) is 9.90 Å². The summed E-state index contributed by atoms with van der Waals surface area (Å²) in [7, 11) is 0. The zero-order valence-electron chi connectivity index (χ0n) is 10.4. The van der Waals surface area contributed by atoms with Crippen LogP contribution in [0.3, 0.4) is 0 Å². The lowest BCUT2D eigenvalue weighted by molar-refractivity contribution is -0.123. The summed E-state index contributed by atoms with van der Waals surface area (Å²) in [5, 5.41) is 12.4. The molecule has 0 spiro atoms. The molecule has 1 amide bonds. The molecule has 1 aromatic rings. The van der Waals surface area contributed by atoms with Crippen molar-refractivity contribution < 1.29 is 9.90 Å². The number of carbonyl (C=O) groups excluding carboxylic acids is 1. The molecule has 4 N–H and O–H groups in total. The molecule has 1 aromatic carbocycles. The lowest BCUT2D eigenvalue weighted by atomic mass is 9.93. The van der Waals surface area contributed by atoms with Crippen molar-refractivity contribution in [2.75, 3.05) is 0 Å². The smallest absolute Gasteiger partial charge is 0.241 e. The number of benzene rings is 1. The van der Waals surface area contributed by atoms with Gasteiger partial charge in [-0.15, -0.1) is 0 Å². The number of nitrogens with one attached hydrogen (secondary N) is 1. The van der Waals surface area contributed by atoms with Crippen LogP contribution in [0.1, 0.15) is 37.3 Å². The summed E-state index contributed by atoms with van der Waals surface area (Å²) < 4.78 is 0. The van der Waals surface area contributed by atoms with Crippen LogP contribution in [0.25, 0.3) is 0 Å². The third-order valence-corrected chi connectivity index (χ3v) is 3.48. The normalized spacial score (nSPS) is 25.4. The highest BCUT2D eigenvalue weighted by molar-refractivity contribution is 5.83. The quantitative estimate of drug-likeness (QED) is 0.750. The summed E-state index contributed by atoms with van der Waals surface area (Å²) in [5.74, 6) is -0.136. The van der Waals surface area contributed by atoms with E-state index in [2.05, 4.69) is 5.32 Å². The van der Waals surface area contributed by atoms with Crippen molar-refractivity contribution in [3.05, 3.63) is 35.9 Å². The van der Waals surface area contributed by atoms with Gasteiger partial charge in [-0.3, -0.25) is 4.79 Å². The monoisotopic (exact) mass is 248 g/mol. The molecule has 4 heteroatoms. The first kappa shape index (κ1) is 13.1. The number of amides is 1. The highest BCUT2D eigenvalue weighted by Crippen LogP contribution is 2.19. The van der Waals surface area contributed by atoms with E-state index in [1.165, 1.54) is 0 Å². The Labute approximate surface area is 107 Å². The Bertz CT molecular complexity index is 386. The van der Waals surface area contributed by atoms with Crippen LogP contribution in [0, 0.1) is 0 Å². The van der Waals surface area contributed by atoms with Gasteiger partial charge >= 0.3 is 0 Å². The SMILES string of the molecule is N[C@@H](C(=O)NC1CCC(O)CC1)c1ccccc1. The molecule has 0 heterocycles. The van der Waals surface area contributed by atoms with Gasteiger partial charge in [0.25, 0.3) is 0 Å². The maximum absolute atomic E-state index is 12.0. The van der Waals surface area contributed by atoms with Crippen LogP contribution in [0.15, 0.2) is 30.3 Å². The van der Waals surface area contributed by atoms with Crippen LogP contribution >= 0.6 is 0 Å². The zero-order chi connectivity index (χ0) is 13.0. The van der Waals surface area contributed by atoms with E-state index in [1.54, 1.807) is 0 Å². The van der Waals surface area contributed by atoms with E-state index in [1.807, 2.05) is 30.3 Å². The first-order valence-corrected chi connectivity index (χ1v) is 6.46.